The maximum atomic E-state index is 10.6. The molecule has 2 N–H and O–H groups in total. The molecule has 0 aromatic heterocycles. The average Bonchev–Trinajstić information content (AvgIpc) is 1.81. The summed E-state index contributed by atoms with van der Waals surface area (Å²) in [6, 6.07) is 0. The van der Waals surface area contributed by atoms with Crippen molar-refractivity contribution in [3.8, 4) is 0 Å². The van der Waals surface area contributed by atoms with Crippen molar-refractivity contribution >= 4 is 36.2 Å². The highest BCUT2D eigenvalue weighted by atomic mass is 33.4. The summed E-state index contributed by atoms with van der Waals surface area (Å²) in [6.45, 7) is -2.40. The van der Waals surface area contributed by atoms with Crippen LogP contribution in [0.25, 0.3) is 0 Å². The molecule has 0 heterocycles. The normalized spacial score (nSPS) is 13.4. The maximum absolute atomic E-state index is 10.6. The minimum absolute atomic E-state index is 0.202. The van der Waals surface area contributed by atoms with Crippen LogP contribution >= 0.6 is 6.80 Å². The Labute approximate surface area is 74.9 Å². The van der Waals surface area contributed by atoms with Gasteiger partial charge in [0, 0.05) is 0 Å². The van der Waals surface area contributed by atoms with E-state index in [-0.39, 0.29) is 6.61 Å². The molecule has 8 heteroatoms. The first-order chi connectivity index (χ1) is 4.81. The minimum atomic E-state index is -4.41. The molecule has 0 fully saturated rings. The van der Waals surface area contributed by atoms with E-state index in [0.29, 0.717) is 6.42 Å². The monoisotopic (exact) mass is 236 g/mol. The number of rotatable bonds is 4. The van der Waals surface area contributed by atoms with Crippen LogP contribution in [0.1, 0.15) is 13.3 Å². The Kier molecular flexibility index (Phi) is 4.57. The second-order valence-electron chi connectivity index (χ2n) is 1.74. The van der Waals surface area contributed by atoms with Crippen LogP contribution in [0.2, 0.25) is 0 Å². The molecular formula is C3H9O4PS3. The molecule has 0 saturated heterocycles. The Hall–Kier alpha value is 0.900. The van der Waals surface area contributed by atoms with E-state index < -0.39 is 13.8 Å². The van der Waals surface area contributed by atoms with Gasteiger partial charge in [0.05, 0.1) is 6.61 Å². The third-order valence-corrected chi connectivity index (χ3v) is 7.91. The van der Waals surface area contributed by atoms with Gasteiger partial charge < -0.3 is 14.0 Å². The number of hydrogen-bond acceptors (Lipinski definition) is 4. The molecule has 0 rings (SSSR count). The zero-order valence-corrected chi connectivity index (χ0v) is 9.14. The van der Waals surface area contributed by atoms with Crippen LogP contribution in [0.15, 0.2) is 0 Å². The quantitative estimate of drug-likeness (QED) is 0.693. The van der Waals surface area contributed by atoms with E-state index in [0.717, 1.165) is 0 Å². The fourth-order valence-corrected chi connectivity index (χ4v) is 1.82. The molecule has 0 saturated carbocycles. The van der Waals surface area contributed by atoms with E-state index in [2.05, 4.69) is 22.4 Å². The molecule has 0 aliphatic carbocycles. The van der Waals surface area contributed by atoms with E-state index in [1.165, 1.54) is 0 Å². The summed E-state index contributed by atoms with van der Waals surface area (Å²) in [5.74, 6) is 0. The molecular weight excluding hydrogens is 227 g/mol. The van der Waals surface area contributed by atoms with Gasteiger partial charge in [-0.2, -0.15) is 0 Å². The molecule has 0 aliphatic heterocycles. The van der Waals surface area contributed by atoms with Gasteiger partial charge >= 0.3 is 6.80 Å². The van der Waals surface area contributed by atoms with Gasteiger partial charge in [-0.15, -0.1) is 0 Å². The molecule has 0 aliphatic rings. The summed E-state index contributed by atoms with van der Waals surface area (Å²) in [6.07, 6.45) is 0.641. The zero-order chi connectivity index (χ0) is 9.12. The predicted octanol–water partition coefficient (Wildman–Crippen LogP) is 0.498. The fourth-order valence-electron chi connectivity index (χ4n) is 0.257. The Morgan fingerprint density at radius 2 is 2.00 bits per heavy atom. The van der Waals surface area contributed by atoms with E-state index in [1.54, 1.807) is 6.92 Å². The SMILES string of the molecule is CCCOS(=S)(=S)P(=O)(O)O. The minimum Gasteiger partial charge on any atom is -0.315 e. The average molecular weight is 236 g/mol. The van der Waals surface area contributed by atoms with Gasteiger partial charge in [0.25, 0.3) is 0 Å². The molecule has 0 aromatic carbocycles. The van der Waals surface area contributed by atoms with Crippen LogP contribution in [0.5, 0.6) is 0 Å². The van der Waals surface area contributed by atoms with Crippen LogP contribution in [0.4, 0.5) is 0 Å². The molecule has 4 nitrogen and oxygen atoms in total. The molecule has 0 unspecified atom stereocenters. The zero-order valence-electron chi connectivity index (χ0n) is 5.80. The third kappa shape index (κ3) is 3.89. The summed E-state index contributed by atoms with van der Waals surface area (Å²) in [7, 11) is -3.03. The van der Waals surface area contributed by atoms with Crippen molar-refractivity contribution in [2.24, 2.45) is 0 Å². The Bertz CT molecular complexity index is 252. The highest BCUT2D eigenvalue weighted by molar-refractivity contribution is 8.82. The summed E-state index contributed by atoms with van der Waals surface area (Å²) >= 11 is 8.92. The smallest absolute Gasteiger partial charge is 0.315 e. The van der Waals surface area contributed by atoms with Gasteiger partial charge in [-0.25, -0.2) is 4.57 Å². The standard InChI is InChI=1S/C3H9O4PS3/c1-2-3-7-11(9,10)8(4,5)6/h2-3H2,1H3,(H2,4,5,6). The Balaban J connectivity index is 4.39. The van der Waals surface area contributed by atoms with Gasteiger partial charge in [-0.05, 0) is 28.8 Å². The van der Waals surface area contributed by atoms with Crippen molar-refractivity contribution in [1.29, 1.82) is 0 Å². The third-order valence-electron chi connectivity index (χ3n) is 0.728. The van der Waals surface area contributed by atoms with Crippen molar-refractivity contribution in [2.75, 3.05) is 6.61 Å². The van der Waals surface area contributed by atoms with Crippen molar-refractivity contribution in [3.63, 3.8) is 0 Å². The molecule has 0 radical (unpaired) electrons. The van der Waals surface area contributed by atoms with Gasteiger partial charge in [0.15, 0.2) is 0 Å². The van der Waals surface area contributed by atoms with Crippen molar-refractivity contribution in [2.45, 2.75) is 13.3 Å². The van der Waals surface area contributed by atoms with Crippen molar-refractivity contribution in [3.05, 3.63) is 0 Å². The first-order valence-electron chi connectivity index (χ1n) is 2.76. The van der Waals surface area contributed by atoms with E-state index in [4.69, 9.17) is 14.0 Å². The summed E-state index contributed by atoms with van der Waals surface area (Å²) in [5, 5.41) is 0. The Morgan fingerprint density at radius 1 is 1.55 bits per heavy atom. The van der Waals surface area contributed by atoms with E-state index in [1.807, 2.05) is 0 Å². The van der Waals surface area contributed by atoms with Gasteiger partial charge in [0.1, 0.15) is 7.05 Å². The first-order valence-corrected chi connectivity index (χ1v) is 8.39. The second kappa shape index (κ2) is 4.23. The van der Waals surface area contributed by atoms with Gasteiger partial charge in [-0.1, -0.05) is 6.92 Å². The largest absolute Gasteiger partial charge is 0.414 e. The fraction of sp³-hybridized carbons (Fsp3) is 1.00. The van der Waals surface area contributed by atoms with Crippen LogP contribution in [0.3, 0.4) is 0 Å². The van der Waals surface area contributed by atoms with Crippen molar-refractivity contribution < 1.29 is 18.5 Å². The van der Waals surface area contributed by atoms with E-state index in [9.17, 15) is 4.57 Å². The molecule has 68 valence electrons. The first kappa shape index (κ1) is 11.9. The number of hydrogen-bond donors (Lipinski definition) is 2. The lowest BCUT2D eigenvalue weighted by molar-refractivity contribution is 0.354. The van der Waals surface area contributed by atoms with Crippen LogP contribution in [-0.4, -0.2) is 16.4 Å². The maximum Gasteiger partial charge on any atom is 0.414 e. The second-order valence-corrected chi connectivity index (χ2v) is 11.7. The summed E-state index contributed by atoms with van der Waals surface area (Å²) < 4.78 is 15.2. The predicted molar refractivity (Wildman–Crippen MR) is 50.4 cm³/mol. The molecule has 0 bridgehead atoms. The highest BCUT2D eigenvalue weighted by Gasteiger charge is 2.25. The molecule has 0 aromatic rings. The molecule has 0 amide bonds. The van der Waals surface area contributed by atoms with Crippen molar-refractivity contribution in [1.82, 2.24) is 0 Å². The summed E-state index contributed by atoms with van der Waals surface area (Å²) in [5.41, 5.74) is 0. The van der Waals surface area contributed by atoms with Crippen LogP contribution in [0, 0.1) is 0 Å². The van der Waals surface area contributed by atoms with Crippen LogP contribution < -0.4 is 0 Å². The lowest BCUT2D eigenvalue weighted by Gasteiger charge is -2.10. The van der Waals surface area contributed by atoms with Gasteiger partial charge in [0.2, 0.25) is 0 Å². The van der Waals surface area contributed by atoms with Crippen LogP contribution in [-0.2, 0) is 38.2 Å². The lowest BCUT2D eigenvalue weighted by Crippen LogP contribution is -2.03. The highest BCUT2D eigenvalue weighted by Crippen LogP contribution is 2.44. The topological polar surface area (TPSA) is 66.8 Å². The van der Waals surface area contributed by atoms with Gasteiger partial charge in [-0.3, -0.25) is 0 Å². The Morgan fingerprint density at radius 3 is 2.27 bits per heavy atom. The molecule has 11 heavy (non-hydrogen) atoms. The molecule has 0 atom stereocenters. The molecule has 0 spiro atoms. The van der Waals surface area contributed by atoms with E-state index >= 15 is 0 Å². The summed E-state index contributed by atoms with van der Waals surface area (Å²) in [4.78, 5) is 17.2. The lowest BCUT2D eigenvalue weighted by atomic mass is 10.5.